The Balaban J connectivity index is 1.60. The molecule has 0 saturated heterocycles. The summed E-state index contributed by atoms with van der Waals surface area (Å²) in [5.41, 5.74) is 8.97. The molecule has 2 aromatic heterocycles. The van der Waals surface area contributed by atoms with Crippen molar-refractivity contribution >= 4 is 51.8 Å². The van der Waals surface area contributed by atoms with E-state index >= 15 is 0 Å². The Kier molecular flexibility index (Phi) is 5.77. The van der Waals surface area contributed by atoms with Crippen molar-refractivity contribution in [3.05, 3.63) is 45.8 Å². The van der Waals surface area contributed by atoms with Gasteiger partial charge in [0.05, 0.1) is 10.5 Å². The van der Waals surface area contributed by atoms with E-state index in [-0.39, 0.29) is 0 Å². The SMILES string of the molecule is Cc1cnc(N)c2nc(C)n(CCCCSc3ccc(Cl)cc3Cl)c12. The summed E-state index contributed by atoms with van der Waals surface area (Å²) < 4.78 is 2.24. The van der Waals surface area contributed by atoms with E-state index in [1.165, 1.54) is 0 Å². The number of rotatable bonds is 6. The molecule has 0 spiro atoms. The van der Waals surface area contributed by atoms with Gasteiger partial charge >= 0.3 is 0 Å². The van der Waals surface area contributed by atoms with Crippen LogP contribution in [0.2, 0.25) is 10.0 Å². The van der Waals surface area contributed by atoms with Crippen LogP contribution in [0.4, 0.5) is 5.82 Å². The number of fused-ring (bicyclic) bond motifs is 1. The lowest BCUT2D eigenvalue weighted by atomic mass is 10.2. The molecule has 3 aromatic rings. The zero-order valence-electron chi connectivity index (χ0n) is 14.2. The summed E-state index contributed by atoms with van der Waals surface area (Å²) in [7, 11) is 0. The van der Waals surface area contributed by atoms with Crippen LogP contribution in [0.15, 0.2) is 29.3 Å². The minimum Gasteiger partial charge on any atom is -0.382 e. The number of pyridine rings is 1. The zero-order chi connectivity index (χ0) is 18.0. The van der Waals surface area contributed by atoms with Crippen LogP contribution in [0.5, 0.6) is 0 Å². The highest BCUT2D eigenvalue weighted by Gasteiger charge is 2.12. The number of anilines is 1. The molecular formula is C18H20Cl2N4S. The molecule has 2 N–H and O–H groups in total. The van der Waals surface area contributed by atoms with Crippen LogP contribution < -0.4 is 5.73 Å². The molecule has 4 nitrogen and oxygen atoms in total. The van der Waals surface area contributed by atoms with Crippen molar-refractivity contribution in [1.82, 2.24) is 14.5 Å². The molecule has 0 radical (unpaired) electrons. The highest BCUT2D eigenvalue weighted by atomic mass is 35.5. The van der Waals surface area contributed by atoms with E-state index < -0.39 is 0 Å². The number of aryl methyl sites for hydroxylation is 3. The minimum absolute atomic E-state index is 0.496. The normalized spacial score (nSPS) is 11.4. The van der Waals surface area contributed by atoms with Crippen LogP contribution in [0, 0.1) is 13.8 Å². The number of nitrogens with zero attached hydrogens (tertiary/aromatic N) is 3. The third kappa shape index (κ3) is 4.05. The molecule has 0 aliphatic carbocycles. The van der Waals surface area contributed by atoms with Gasteiger partial charge in [0, 0.05) is 22.7 Å². The van der Waals surface area contributed by atoms with Gasteiger partial charge in [0.25, 0.3) is 0 Å². The Morgan fingerprint density at radius 1 is 1.20 bits per heavy atom. The van der Waals surface area contributed by atoms with E-state index in [0.29, 0.717) is 15.9 Å². The number of unbranched alkanes of at least 4 members (excludes halogenated alkanes) is 1. The summed E-state index contributed by atoms with van der Waals surface area (Å²) in [4.78, 5) is 9.85. The first kappa shape index (κ1) is 18.4. The third-order valence-corrected chi connectivity index (χ3v) is 5.92. The molecule has 7 heteroatoms. The van der Waals surface area contributed by atoms with E-state index in [0.717, 1.165) is 52.5 Å². The topological polar surface area (TPSA) is 56.7 Å². The van der Waals surface area contributed by atoms with Crippen molar-refractivity contribution in [2.75, 3.05) is 11.5 Å². The molecule has 1 aromatic carbocycles. The quantitative estimate of drug-likeness (QED) is 0.442. The molecule has 3 rings (SSSR count). The van der Waals surface area contributed by atoms with Gasteiger partial charge in [-0.1, -0.05) is 23.2 Å². The van der Waals surface area contributed by atoms with Gasteiger partial charge in [-0.2, -0.15) is 0 Å². The standard InChI is InChI=1S/C18H20Cl2N4S/c1-11-10-22-18(21)16-17(11)24(12(2)23-16)7-3-4-8-25-15-6-5-13(19)9-14(15)20/h5-6,9-10H,3-4,7-8H2,1-2H3,(H2,21,22). The molecule has 0 saturated carbocycles. The van der Waals surface area contributed by atoms with Gasteiger partial charge in [-0.3, -0.25) is 0 Å². The van der Waals surface area contributed by atoms with Gasteiger partial charge in [0.1, 0.15) is 11.3 Å². The maximum atomic E-state index is 6.21. The van der Waals surface area contributed by atoms with Crippen LogP contribution in [0.3, 0.4) is 0 Å². The van der Waals surface area contributed by atoms with E-state index in [1.54, 1.807) is 17.8 Å². The fourth-order valence-electron chi connectivity index (χ4n) is 2.85. The molecule has 0 aliphatic heterocycles. The first-order valence-electron chi connectivity index (χ1n) is 8.13. The van der Waals surface area contributed by atoms with Crippen LogP contribution in [0.25, 0.3) is 11.0 Å². The zero-order valence-corrected chi connectivity index (χ0v) is 16.5. The van der Waals surface area contributed by atoms with E-state index in [9.17, 15) is 0 Å². The van der Waals surface area contributed by atoms with Crippen molar-refractivity contribution in [3.8, 4) is 0 Å². The Labute approximate surface area is 161 Å². The molecule has 25 heavy (non-hydrogen) atoms. The number of halogens is 2. The van der Waals surface area contributed by atoms with Crippen LogP contribution in [0.1, 0.15) is 24.2 Å². The monoisotopic (exact) mass is 394 g/mol. The van der Waals surface area contributed by atoms with Crippen LogP contribution in [-0.4, -0.2) is 20.3 Å². The number of nitrogen functional groups attached to an aromatic ring is 1. The number of thioether (sulfide) groups is 1. The van der Waals surface area contributed by atoms with Crippen LogP contribution in [-0.2, 0) is 6.54 Å². The van der Waals surface area contributed by atoms with Crippen molar-refractivity contribution in [2.24, 2.45) is 0 Å². The molecule has 2 heterocycles. The fourth-order valence-corrected chi connectivity index (χ4v) is 4.35. The molecule has 0 bridgehead atoms. The smallest absolute Gasteiger partial charge is 0.151 e. The second kappa shape index (κ2) is 7.85. The molecule has 0 fully saturated rings. The fraction of sp³-hybridized carbons (Fsp3) is 0.333. The van der Waals surface area contributed by atoms with Gasteiger partial charge in [0.15, 0.2) is 5.82 Å². The molecule has 0 atom stereocenters. The second-order valence-corrected chi connectivity index (χ2v) is 7.95. The molecular weight excluding hydrogens is 375 g/mol. The highest BCUT2D eigenvalue weighted by molar-refractivity contribution is 7.99. The number of hydrogen-bond donors (Lipinski definition) is 1. The second-order valence-electron chi connectivity index (χ2n) is 5.96. The van der Waals surface area contributed by atoms with Gasteiger partial charge < -0.3 is 10.3 Å². The predicted octanol–water partition coefficient (Wildman–Crippen LogP) is 5.51. The van der Waals surface area contributed by atoms with Gasteiger partial charge in [0.2, 0.25) is 0 Å². The first-order valence-corrected chi connectivity index (χ1v) is 9.87. The van der Waals surface area contributed by atoms with E-state index in [2.05, 4.69) is 14.5 Å². The molecule has 0 aliphatic rings. The lowest BCUT2D eigenvalue weighted by molar-refractivity contribution is 0.633. The first-order chi connectivity index (χ1) is 12.0. The summed E-state index contributed by atoms with van der Waals surface area (Å²) in [5.74, 6) is 2.48. The van der Waals surface area contributed by atoms with Crippen molar-refractivity contribution < 1.29 is 0 Å². The summed E-state index contributed by atoms with van der Waals surface area (Å²) in [6, 6.07) is 5.63. The molecule has 0 unspecified atom stereocenters. The van der Waals surface area contributed by atoms with E-state index in [4.69, 9.17) is 28.9 Å². The van der Waals surface area contributed by atoms with Gasteiger partial charge in [-0.15, -0.1) is 11.8 Å². The lowest BCUT2D eigenvalue weighted by Gasteiger charge is -2.09. The van der Waals surface area contributed by atoms with Gasteiger partial charge in [-0.05, 0) is 56.2 Å². The third-order valence-electron chi connectivity index (χ3n) is 4.10. The average molecular weight is 395 g/mol. The largest absolute Gasteiger partial charge is 0.382 e. The Bertz CT molecular complexity index is 908. The maximum Gasteiger partial charge on any atom is 0.151 e. The number of hydrogen-bond acceptors (Lipinski definition) is 4. The minimum atomic E-state index is 0.496. The predicted molar refractivity (Wildman–Crippen MR) is 108 cm³/mol. The van der Waals surface area contributed by atoms with E-state index in [1.807, 2.05) is 32.2 Å². The van der Waals surface area contributed by atoms with Crippen molar-refractivity contribution in [1.29, 1.82) is 0 Å². The van der Waals surface area contributed by atoms with Crippen molar-refractivity contribution in [3.63, 3.8) is 0 Å². The van der Waals surface area contributed by atoms with Crippen molar-refractivity contribution in [2.45, 2.75) is 38.1 Å². The molecule has 0 amide bonds. The summed E-state index contributed by atoms with van der Waals surface area (Å²) >= 11 is 13.9. The lowest BCUT2D eigenvalue weighted by Crippen LogP contribution is -2.02. The van der Waals surface area contributed by atoms with Gasteiger partial charge in [-0.25, -0.2) is 9.97 Å². The summed E-state index contributed by atoms with van der Waals surface area (Å²) in [5, 5.41) is 1.38. The Morgan fingerprint density at radius 3 is 2.76 bits per heavy atom. The Hall–Kier alpha value is -1.43. The summed E-state index contributed by atoms with van der Waals surface area (Å²) in [6.07, 6.45) is 3.96. The number of imidazole rings is 1. The average Bonchev–Trinajstić information content (AvgIpc) is 2.90. The molecule has 132 valence electrons. The number of nitrogens with two attached hydrogens (primary N) is 1. The number of aromatic nitrogens is 3. The summed E-state index contributed by atoms with van der Waals surface area (Å²) in [6.45, 7) is 4.98. The maximum absolute atomic E-state index is 6.21. The number of benzene rings is 1. The Morgan fingerprint density at radius 2 is 2.00 bits per heavy atom. The highest BCUT2D eigenvalue weighted by Crippen LogP contribution is 2.30. The van der Waals surface area contributed by atoms with Crippen LogP contribution >= 0.6 is 35.0 Å².